The van der Waals surface area contributed by atoms with Gasteiger partial charge in [0.25, 0.3) is 5.56 Å². The van der Waals surface area contributed by atoms with Gasteiger partial charge in [-0.05, 0) is 49.8 Å². The standard InChI is InChI=1S/C32H30ClF4N7O2/c1-6-20(45)43-10-9-42(13-16(43)5)30-17-11-19(33)28(21-22(34)24(36)25(37)26(39)23(21)35)41-31(17)44(32(46)18(30)12-38)29-15(4)7-8-40-27(29)14(2)3/h6-8,11,14,16,27,40H,1,9-10,13,39H2,2-5H3/t16-,27?/m1/s1. The molecule has 2 aromatic heterocycles. The van der Waals surface area contributed by atoms with Crippen LogP contribution in [0.25, 0.3) is 28.0 Å². The summed E-state index contributed by atoms with van der Waals surface area (Å²) < 4.78 is 60.4. The first-order chi connectivity index (χ1) is 21.7. The number of hydrogen-bond acceptors (Lipinski definition) is 7. The van der Waals surface area contributed by atoms with E-state index in [9.17, 15) is 23.6 Å². The molecule has 3 aromatic rings. The highest BCUT2D eigenvalue weighted by Gasteiger charge is 2.34. The first kappa shape index (κ1) is 32.6. The van der Waals surface area contributed by atoms with Gasteiger partial charge < -0.3 is 20.9 Å². The highest BCUT2D eigenvalue weighted by atomic mass is 35.5. The van der Waals surface area contributed by atoms with Gasteiger partial charge in [0, 0.05) is 31.1 Å². The average Bonchev–Trinajstić information content (AvgIpc) is 3.02. The number of nitrogens with zero attached hydrogens (tertiary/aromatic N) is 5. The quantitative estimate of drug-likeness (QED) is 0.125. The highest BCUT2D eigenvalue weighted by molar-refractivity contribution is 6.34. The smallest absolute Gasteiger partial charge is 0.276 e. The Bertz CT molecular complexity index is 1950. The molecule has 1 amide bonds. The van der Waals surface area contributed by atoms with Crippen LogP contribution in [0.2, 0.25) is 5.02 Å². The van der Waals surface area contributed by atoms with Gasteiger partial charge in [0.15, 0.2) is 23.3 Å². The number of carbonyl (C=O) groups is 1. The van der Waals surface area contributed by atoms with Crippen molar-refractivity contribution in [1.29, 1.82) is 5.26 Å². The van der Waals surface area contributed by atoms with Crippen molar-refractivity contribution in [3.05, 3.63) is 80.8 Å². The molecule has 1 saturated heterocycles. The second-order valence-corrected chi connectivity index (χ2v) is 11.9. The van der Waals surface area contributed by atoms with Gasteiger partial charge in [-0.2, -0.15) is 5.26 Å². The number of rotatable bonds is 5. The maximum absolute atomic E-state index is 15.3. The molecule has 2 aliphatic rings. The van der Waals surface area contributed by atoms with E-state index in [1.807, 2.05) is 19.9 Å². The van der Waals surface area contributed by atoms with E-state index in [4.69, 9.17) is 17.3 Å². The minimum atomic E-state index is -2.02. The Hall–Kier alpha value is -4.83. The van der Waals surface area contributed by atoms with Crippen LogP contribution in [0.3, 0.4) is 0 Å². The summed E-state index contributed by atoms with van der Waals surface area (Å²) in [4.78, 5) is 34.6. The Kier molecular flexibility index (Phi) is 8.61. The Balaban J connectivity index is 1.91. The molecule has 46 heavy (non-hydrogen) atoms. The molecule has 0 radical (unpaired) electrons. The molecular formula is C32H30ClF4N7O2. The van der Waals surface area contributed by atoms with Crippen LogP contribution in [0.15, 0.2) is 41.4 Å². The second-order valence-electron chi connectivity index (χ2n) is 11.5. The number of amides is 1. The number of carbonyl (C=O) groups excluding carboxylic acids is 1. The highest BCUT2D eigenvalue weighted by Crippen LogP contribution is 2.41. The summed E-state index contributed by atoms with van der Waals surface area (Å²) >= 11 is 6.59. The zero-order valence-electron chi connectivity index (χ0n) is 25.4. The molecule has 3 N–H and O–H groups in total. The zero-order valence-corrected chi connectivity index (χ0v) is 26.1. The summed E-state index contributed by atoms with van der Waals surface area (Å²) in [6.07, 6.45) is 4.63. The largest absolute Gasteiger partial charge is 0.394 e. The predicted octanol–water partition coefficient (Wildman–Crippen LogP) is 5.32. The van der Waals surface area contributed by atoms with Gasteiger partial charge in [-0.1, -0.05) is 32.0 Å². The molecule has 1 aromatic carbocycles. The SMILES string of the molecule is C=CC(=O)N1CCN(c2c(C#N)c(=O)n(C3=C(C)C=CNC3C(C)C)c3nc(-c4c(F)c(N)c(F)c(F)c4F)c(Cl)cc23)C[C@H]1C. The Morgan fingerprint density at radius 2 is 1.91 bits per heavy atom. The molecule has 1 unspecified atom stereocenters. The molecule has 240 valence electrons. The van der Waals surface area contributed by atoms with Crippen LogP contribution < -0.4 is 21.5 Å². The molecule has 2 aliphatic heterocycles. The monoisotopic (exact) mass is 655 g/mol. The number of allylic oxidation sites excluding steroid dienone is 2. The number of benzene rings is 1. The third kappa shape index (κ3) is 5.06. The number of nitriles is 1. The lowest BCUT2D eigenvalue weighted by Crippen LogP contribution is -2.54. The maximum Gasteiger partial charge on any atom is 0.276 e. The van der Waals surface area contributed by atoms with E-state index in [0.29, 0.717) is 11.3 Å². The summed E-state index contributed by atoms with van der Waals surface area (Å²) in [5, 5.41) is 13.4. The predicted molar refractivity (Wildman–Crippen MR) is 169 cm³/mol. The first-order valence-electron chi connectivity index (χ1n) is 14.4. The van der Waals surface area contributed by atoms with E-state index in [1.165, 1.54) is 16.7 Å². The first-order valence-corrected chi connectivity index (χ1v) is 14.8. The van der Waals surface area contributed by atoms with Gasteiger partial charge in [-0.15, -0.1) is 0 Å². The number of anilines is 2. The van der Waals surface area contributed by atoms with E-state index >= 15 is 8.78 Å². The van der Waals surface area contributed by atoms with Gasteiger partial charge in [0.1, 0.15) is 23.0 Å². The zero-order chi connectivity index (χ0) is 33.8. The average molecular weight is 656 g/mol. The molecule has 14 heteroatoms. The van der Waals surface area contributed by atoms with Gasteiger partial charge in [0.2, 0.25) is 5.91 Å². The Morgan fingerprint density at radius 3 is 2.52 bits per heavy atom. The van der Waals surface area contributed by atoms with Crippen molar-refractivity contribution in [2.45, 2.75) is 39.8 Å². The minimum absolute atomic E-state index is 0.0916. The normalized spacial score (nSPS) is 18.3. The van der Waals surface area contributed by atoms with Gasteiger partial charge in [-0.25, -0.2) is 22.5 Å². The Morgan fingerprint density at radius 1 is 1.22 bits per heavy atom. The molecule has 1 fully saturated rings. The van der Waals surface area contributed by atoms with E-state index in [2.05, 4.69) is 16.9 Å². The lowest BCUT2D eigenvalue weighted by Gasteiger charge is -2.41. The number of nitrogen functional groups attached to an aromatic ring is 1. The van der Waals surface area contributed by atoms with Crippen molar-refractivity contribution in [1.82, 2.24) is 19.8 Å². The lowest BCUT2D eigenvalue weighted by molar-refractivity contribution is -0.128. The van der Waals surface area contributed by atoms with E-state index in [1.54, 1.807) is 35.9 Å². The Labute approximate surface area is 266 Å². The molecule has 5 rings (SSSR count). The van der Waals surface area contributed by atoms with Gasteiger partial charge in [-0.3, -0.25) is 14.2 Å². The molecule has 0 spiro atoms. The van der Waals surface area contributed by atoms with E-state index < -0.39 is 51.8 Å². The topological polar surface area (TPSA) is 120 Å². The van der Waals surface area contributed by atoms with Crippen molar-refractivity contribution < 1.29 is 22.4 Å². The summed E-state index contributed by atoms with van der Waals surface area (Å²) in [6.45, 7) is 11.6. The summed E-state index contributed by atoms with van der Waals surface area (Å²) in [7, 11) is 0. The maximum atomic E-state index is 15.3. The number of piperazine rings is 1. The molecule has 2 atom stereocenters. The number of pyridine rings is 2. The fourth-order valence-electron chi connectivity index (χ4n) is 6.07. The summed E-state index contributed by atoms with van der Waals surface area (Å²) in [5.41, 5.74) is 2.44. The molecule has 0 saturated carbocycles. The third-order valence-corrected chi connectivity index (χ3v) is 8.63. The van der Waals surface area contributed by atoms with Crippen LogP contribution in [-0.2, 0) is 4.79 Å². The van der Waals surface area contributed by atoms with E-state index in [-0.39, 0.29) is 64.8 Å². The number of fused-ring (bicyclic) bond motifs is 1. The van der Waals surface area contributed by atoms with Crippen LogP contribution in [0.5, 0.6) is 0 Å². The molecule has 0 aliphatic carbocycles. The van der Waals surface area contributed by atoms with Crippen molar-refractivity contribution in [3.63, 3.8) is 0 Å². The van der Waals surface area contributed by atoms with Crippen LogP contribution in [0.4, 0.5) is 28.9 Å². The fourth-order valence-corrected chi connectivity index (χ4v) is 6.32. The van der Waals surface area contributed by atoms with Crippen molar-refractivity contribution >= 4 is 45.6 Å². The number of nitrogens with two attached hydrogens (primary N) is 1. The molecule has 0 bridgehead atoms. The lowest BCUT2D eigenvalue weighted by atomic mass is 9.94. The molecule has 9 nitrogen and oxygen atoms in total. The van der Waals surface area contributed by atoms with Crippen LogP contribution in [-0.4, -0.2) is 52.1 Å². The number of halogens is 5. The van der Waals surface area contributed by atoms with Gasteiger partial charge >= 0.3 is 0 Å². The number of hydrogen-bond donors (Lipinski definition) is 2. The number of dihydropyridines is 1. The number of nitrogens with one attached hydrogen (secondary N) is 1. The third-order valence-electron chi connectivity index (χ3n) is 8.34. The second kappa shape index (κ2) is 12.2. The summed E-state index contributed by atoms with van der Waals surface area (Å²) in [5.74, 6) is -7.83. The fraction of sp³-hybridized carbons (Fsp3) is 0.312. The van der Waals surface area contributed by atoms with Crippen molar-refractivity contribution in [2.24, 2.45) is 5.92 Å². The van der Waals surface area contributed by atoms with Crippen LogP contribution >= 0.6 is 11.6 Å². The summed E-state index contributed by atoms with van der Waals surface area (Å²) in [6, 6.07) is 2.48. The van der Waals surface area contributed by atoms with Crippen LogP contribution in [0, 0.1) is 40.5 Å². The molecular weight excluding hydrogens is 626 g/mol. The van der Waals surface area contributed by atoms with Crippen LogP contribution in [0.1, 0.15) is 33.3 Å². The van der Waals surface area contributed by atoms with Crippen molar-refractivity contribution in [2.75, 3.05) is 30.3 Å². The van der Waals surface area contributed by atoms with E-state index in [0.717, 1.165) is 0 Å². The molecule has 4 heterocycles. The van der Waals surface area contributed by atoms with Crippen molar-refractivity contribution in [3.8, 4) is 17.3 Å². The van der Waals surface area contributed by atoms with Gasteiger partial charge in [0.05, 0.1) is 33.7 Å². The minimum Gasteiger partial charge on any atom is -0.394 e. The number of aromatic nitrogens is 2.